The SMILES string of the molecule is CCCCCCCC(CCC)CCOS(=O)(=O)O. The Morgan fingerprint density at radius 3 is 2.17 bits per heavy atom. The highest BCUT2D eigenvalue weighted by Gasteiger charge is 2.10. The third kappa shape index (κ3) is 12.3. The fourth-order valence-electron chi connectivity index (χ4n) is 2.20. The third-order valence-electron chi connectivity index (χ3n) is 3.17. The molecule has 0 aromatic heterocycles. The highest BCUT2D eigenvalue weighted by Crippen LogP contribution is 2.20. The Balaban J connectivity index is 3.71. The first-order chi connectivity index (χ1) is 8.49. The molecule has 4 nitrogen and oxygen atoms in total. The molecule has 0 radical (unpaired) electrons. The summed E-state index contributed by atoms with van der Waals surface area (Å²) in [6, 6.07) is 0. The second-order valence-electron chi connectivity index (χ2n) is 4.90. The Labute approximate surface area is 112 Å². The quantitative estimate of drug-likeness (QED) is 0.434. The molecule has 1 atom stereocenters. The average molecular weight is 280 g/mol. The smallest absolute Gasteiger partial charge is 0.264 e. The Morgan fingerprint density at radius 1 is 0.944 bits per heavy atom. The summed E-state index contributed by atoms with van der Waals surface area (Å²) in [5, 5.41) is 0. The van der Waals surface area contributed by atoms with Gasteiger partial charge in [-0.05, 0) is 12.3 Å². The van der Waals surface area contributed by atoms with Crippen LogP contribution in [-0.4, -0.2) is 19.6 Å². The van der Waals surface area contributed by atoms with Crippen molar-refractivity contribution in [3.8, 4) is 0 Å². The van der Waals surface area contributed by atoms with Crippen molar-refractivity contribution in [2.75, 3.05) is 6.61 Å². The topological polar surface area (TPSA) is 63.6 Å². The van der Waals surface area contributed by atoms with E-state index in [2.05, 4.69) is 18.0 Å². The predicted molar refractivity (Wildman–Crippen MR) is 73.9 cm³/mol. The zero-order valence-corrected chi connectivity index (χ0v) is 12.5. The van der Waals surface area contributed by atoms with Gasteiger partial charge in [0.05, 0.1) is 6.61 Å². The number of rotatable bonds is 12. The molecular weight excluding hydrogens is 252 g/mol. The monoisotopic (exact) mass is 280 g/mol. The van der Waals surface area contributed by atoms with E-state index < -0.39 is 10.4 Å². The van der Waals surface area contributed by atoms with Crippen molar-refractivity contribution in [3.05, 3.63) is 0 Å². The van der Waals surface area contributed by atoms with Crippen LogP contribution < -0.4 is 0 Å². The first-order valence-corrected chi connectivity index (χ1v) is 8.48. The van der Waals surface area contributed by atoms with Gasteiger partial charge in [0.15, 0.2) is 0 Å². The molecule has 5 heteroatoms. The second-order valence-corrected chi connectivity index (χ2v) is 5.99. The number of unbranched alkanes of at least 4 members (excludes halogenated alkanes) is 4. The molecule has 0 amide bonds. The molecule has 0 aromatic rings. The summed E-state index contributed by atoms with van der Waals surface area (Å²) < 4.78 is 33.7. The van der Waals surface area contributed by atoms with Crippen LogP contribution in [0.5, 0.6) is 0 Å². The van der Waals surface area contributed by atoms with Gasteiger partial charge in [0.25, 0.3) is 0 Å². The van der Waals surface area contributed by atoms with Crippen molar-refractivity contribution in [1.29, 1.82) is 0 Å². The second kappa shape index (κ2) is 10.8. The van der Waals surface area contributed by atoms with Crippen molar-refractivity contribution in [3.63, 3.8) is 0 Å². The summed E-state index contributed by atoms with van der Waals surface area (Å²) in [6.45, 7) is 4.43. The Morgan fingerprint density at radius 2 is 1.61 bits per heavy atom. The van der Waals surface area contributed by atoms with E-state index in [4.69, 9.17) is 4.55 Å². The standard InChI is InChI=1S/C13H28O4S/c1-3-5-6-7-8-10-13(9-4-2)11-12-17-18(14,15)16/h13H,3-12H2,1-2H3,(H,14,15,16). The normalized spacial score (nSPS) is 13.7. The van der Waals surface area contributed by atoms with Gasteiger partial charge in [-0.1, -0.05) is 65.2 Å². The van der Waals surface area contributed by atoms with Gasteiger partial charge in [0.2, 0.25) is 0 Å². The van der Waals surface area contributed by atoms with Gasteiger partial charge in [0, 0.05) is 0 Å². The summed E-state index contributed by atoms with van der Waals surface area (Å²) >= 11 is 0. The summed E-state index contributed by atoms with van der Waals surface area (Å²) in [7, 11) is -4.27. The summed E-state index contributed by atoms with van der Waals surface area (Å²) in [5.41, 5.74) is 0. The fraction of sp³-hybridized carbons (Fsp3) is 1.00. The van der Waals surface area contributed by atoms with Crippen LogP contribution in [0.2, 0.25) is 0 Å². The van der Waals surface area contributed by atoms with E-state index in [1.807, 2.05) is 0 Å². The average Bonchev–Trinajstić information content (AvgIpc) is 2.27. The first kappa shape index (κ1) is 17.9. The van der Waals surface area contributed by atoms with Crippen molar-refractivity contribution in [2.45, 2.75) is 71.6 Å². The molecule has 1 unspecified atom stereocenters. The molecule has 0 saturated heterocycles. The zero-order chi connectivity index (χ0) is 13.9. The highest BCUT2D eigenvalue weighted by atomic mass is 32.3. The van der Waals surface area contributed by atoms with E-state index in [0.717, 1.165) is 19.3 Å². The zero-order valence-electron chi connectivity index (χ0n) is 11.7. The maximum absolute atomic E-state index is 10.4. The van der Waals surface area contributed by atoms with Crippen molar-refractivity contribution in [2.24, 2.45) is 5.92 Å². The minimum atomic E-state index is -4.27. The molecular formula is C13H28O4S. The van der Waals surface area contributed by atoms with E-state index in [9.17, 15) is 8.42 Å². The van der Waals surface area contributed by atoms with E-state index in [1.165, 1.54) is 32.1 Å². The predicted octanol–water partition coefficient (Wildman–Crippen LogP) is 3.97. The van der Waals surface area contributed by atoms with Crippen molar-refractivity contribution >= 4 is 10.4 Å². The summed E-state index contributed by atoms with van der Waals surface area (Å²) in [6.07, 6.45) is 10.3. The van der Waals surface area contributed by atoms with Gasteiger partial charge in [-0.3, -0.25) is 4.55 Å². The van der Waals surface area contributed by atoms with E-state index in [0.29, 0.717) is 12.3 Å². The molecule has 0 fully saturated rings. The third-order valence-corrected chi connectivity index (χ3v) is 3.64. The number of hydrogen-bond donors (Lipinski definition) is 1. The highest BCUT2D eigenvalue weighted by molar-refractivity contribution is 7.80. The fourth-order valence-corrected chi connectivity index (χ4v) is 2.50. The lowest BCUT2D eigenvalue weighted by Crippen LogP contribution is -2.10. The molecule has 0 aromatic carbocycles. The van der Waals surface area contributed by atoms with E-state index >= 15 is 0 Å². The van der Waals surface area contributed by atoms with Gasteiger partial charge in [-0.15, -0.1) is 0 Å². The van der Waals surface area contributed by atoms with Crippen LogP contribution in [0.25, 0.3) is 0 Å². The molecule has 0 saturated carbocycles. The molecule has 0 bridgehead atoms. The minimum absolute atomic E-state index is 0.0957. The van der Waals surface area contributed by atoms with Crippen LogP contribution in [0, 0.1) is 5.92 Å². The van der Waals surface area contributed by atoms with Gasteiger partial charge < -0.3 is 0 Å². The lowest BCUT2D eigenvalue weighted by Gasteiger charge is -2.15. The number of hydrogen-bond acceptors (Lipinski definition) is 3. The Bertz CT molecular complexity index is 275. The Hall–Kier alpha value is -0.130. The van der Waals surface area contributed by atoms with Gasteiger partial charge in [-0.2, -0.15) is 8.42 Å². The van der Waals surface area contributed by atoms with Crippen LogP contribution in [0.1, 0.15) is 71.6 Å². The van der Waals surface area contributed by atoms with Gasteiger partial charge >= 0.3 is 10.4 Å². The summed E-state index contributed by atoms with van der Waals surface area (Å²) in [4.78, 5) is 0. The molecule has 0 rings (SSSR count). The van der Waals surface area contributed by atoms with Crippen LogP contribution in [-0.2, 0) is 14.6 Å². The first-order valence-electron chi connectivity index (χ1n) is 7.11. The minimum Gasteiger partial charge on any atom is -0.264 e. The van der Waals surface area contributed by atoms with E-state index in [1.54, 1.807) is 0 Å². The molecule has 0 heterocycles. The lowest BCUT2D eigenvalue weighted by atomic mass is 9.93. The molecule has 18 heavy (non-hydrogen) atoms. The summed E-state index contributed by atoms with van der Waals surface area (Å²) in [5.74, 6) is 0.512. The molecule has 0 spiro atoms. The van der Waals surface area contributed by atoms with Crippen molar-refractivity contribution in [1.82, 2.24) is 0 Å². The van der Waals surface area contributed by atoms with E-state index in [-0.39, 0.29) is 6.61 Å². The molecule has 1 N–H and O–H groups in total. The van der Waals surface area contributed by atoms with Crippen LogP contribution in [0.3, 0.4) is 0 Å². The van der Waals surface area contributed by atoms with Crippen LogP contribution in [0.15, 0.2) is 0 Å². The maximum Gasteiger partial charge on any atom is 0.397 e. The lowest BCUT2D eigenvalue weighted by molar-refractivity contribution is 0.235. The van der Waals surface area contributed by atoms with Crippen molar-refractivity contribution < 1.29 is 17.2 Å². The van der Waals surface area contributed by atoms with Crippen LogP contribution >= 0.6 is 0 Å². The van der Waals surface area contributed by atoms with Gasteiger partial charge in [0.1, 0.15) is 0 Å². The maximum atomic E-state index is 10.4. The molecule has 0 aliphatic rings. The van der Waals surface area contributed by atoms with Gasteiger partial charge in [-0.25, -0.2) is 4.18 Å². The largest absolute Gasteiger partial charge is 0.397 e. The molecule has 0 aliphatic heterocycles. The van der Waals surface area contributed by atoms with Crippen LogP contribution in [0.4, 0.5) is 0 Å². The molecule has 110 valence electrons. The Kier molecular flexibility index (Phi) is 10.7. The molecule has 0 aliphatic carbocycles.